The van der Waals surface area contributed by atoms with Crippen molar-refractivity contribution >= 4 is 51.1 Å². The minimum Gasteiger partial charge on any atom is -0.0776 e. The maximum atomic E-state index is 2.12. The van der Waals surface area contributed by atoms with E-state index >= 15 is 0 Å². The second-order valence-electron chi connectivity index (χ2n) is 4.69. The van der Waals surface area contributed by atoms with Crippen LogP contribution in [0, 0.1) is 0 Å². The quantitative estimate of drug-likeness (QED) is 0.352. The third kappa shape index (κ3) is 4.71. The maximum absolute atomic E-state index is 2.12. The largest absolute Gasteiger partial charge is 0.0776 e. The predicted octanol–water partition coefficient (Wildman–Crippen LogP) is 5.93. The van der Waals surface area contributed by atoms with E-state index in [4.69, 9.17) is 0 Å². The summed E-state index contributed by atoms with van der Waals surface area (Å²) in [5.41, 5.74) is 0. The van der Waals surface area contributed by atoms with Gasteiger partial charge >= 0.3 is 0 Å². The summed E-state index contributed by atoms with van der Waals surface area (Å²) in [7, 11) is 0. The average molecular weight is 295 g/mol. The second-order valence-corrected chi connectivity index (χ2v) is 4.69. The molecule has 4 aromatic carbocycles. The van der Waals surface area contributed by atoms with Crippen LogP contribution in [0.25, 0.3) is 21.5 Å². The zero-order chi connectivity index (χ0) is 13.6. The van der Waals surface area contributed by atoms with Gasteiger partial charge in [-0.05, 0) is 21.5 Å². The Kier molecular flexibility index (Phi) is 7.90. The maximum Gasteiger partial charge on any atom is 0 e. The Labute approximate surface area is 155 Å². The molecule has 22 heavy (non-hydrogen) atoms. The van der Waals surface area contributed by atoms with Gasteiger partial charge in [0.2, 0.25) is 0 Å². The van der Waals surface area contributed by atoms with Gasteiger partial charge in [-0.1, -0.05) is 104 Å². The fourth-order valence-corrected chi connectivity index (χ4v) is 2.27. The van der Waals surface area contributed by atoms with Gasteiger partial charge in [0.1, 0.15) is 0 Å². The molecule has 0 bridgehead atoms. The minimum absolute atomic E-state index is 0. The van der Waals surface area contributed by atoms with E-state index in [9.17, 15) is 0 Å². The molecule has 0 aromatic heterocycles. The molecule has 0 atom stereocenters. The van der Waals surface area contributed by atoms with Crippen molar-refractivity contribution in [2.75, 3.05) is 0 Å². The average Bonchev–Trinajstić information content (AvgIpc) is 2.56. The fourth-order valence-electron chi connectivity index (χ4n) is 2.27. The van der Waals surface area contributed by atoms with E-state index < -0.39 is 0 Å². The van der Waals surface area contributed by atoms with Crippen molar-refractivity contribution in [2.45, 2.75) is 7.43 Å². The van der Waals surface area contributed by atoms with Gasteiger partial charge in [-0.25, -0.2) is 0 Å². The first kappa shape index (κ1) is 18.4. The number of hydrogen-bond acceptors (Lipinski definition) is 0. The summed E-state index contributed by atoms with van der Waals surface area (Å²) < 4.78 is 0. The van der Waals surface area contributed by atoms with E-state index in [0.29, 0.717) is 0 Å². The molecule has 0 saturated carbocycles. The van der Waals surface area contributed by atoms with Crippen molar-refractivity contribution in [1.82, 2.24) is 0 Å². The second kappa shape index (κ2) is 9.42. The van der Waals surface area contributed by atoms with Crippen LogP contribution >= 0.6 is 0 Å². The molecule has 0 saturated heterocycles. The Morgan fingerprint density at radius 2 is 0.455 bits per heavy atom. The van der Waals surface area contributed by atoms with E-state index in [1.54, 1.807) is 0 Å². The van der Waals surface area contributed by atoms with Crippen LogP contribution in [0.3, 0.4) is 0 Å². The van der Waals surface area contributed by atoms with Gasteiger partial charge in [-0.2, -0.15) is 0 Å². The van der Waals surface area contributed by atoms with Gasteiger partial charge in [0.25, 0.3) is 0 Å². The Bertz CT molecular complexity index is 619. The van der Waals surface area contributed by atoms with E-state index in [-0.39, 0.29) is 37.0 Å². The molecule has 0 amide bonds. The number of fused-ring (bicyclic) bond motifs is 2. The van der Waals surface area contributed by atoms with Crippen LogP contribution in [0.4, 0.5) is 0 Å². The van der Waals surface area contributed by atoms with Crippen LogP contribution in [-0.2, 0) is 0 Å². The third-order valence-corrected chi connectivity index (χ3v) is 3.32. The molecule has 0 fully saturated rings. The summed E-state index contributed by atoms with van der Waals surface area (Å²) in [4.78, 5) is 0. The van der Waals surface area contributed by atoms with E-state index in [0.717, 1.165) is 0 Å². The summed E-state index contributed by atoms with van der Waals surface area (Å²) >= 11 is 0. The molecule has 0 heterocycles. The molecule has 0 N–H and O–H groups in total. The molecule has 0 unspecified atom stereocenters. The van der Waals surface area contributed by atoms with E-state index in [2.05, 4.69) is 97.1 Å². The smallest absolute Gasteiger partial charge is 0 e. The molecule has 0 aliphatic heterocycles. The molecule has 0 spiro atoms. The minimum atomic E-state index is 0. The summed E-state index contributed by atoms with van der Waals surface area (Å²) in [6.07, 6.45) is 0. The van der Waals surface area contributed by atoms with Gasteiger partial charge in [-0.3, -0.25) is 0 Å². The molecule has 0 nitrogen and oxygen atoms in total. The Morgan fingerprint density at radius 3 is 0.591 bits per heavy atom. The molecule has 105 valence electrons. The normalized spacial score (nSPS) is 9.09. The standard InChI is InChI=1S/2C10H8.CH4.Na/c2*1-2-6-10-8-4-3-7-9(10)5-1;;/h2*1-8H;1H4;. The number of hydrogen-bond donors (Lipinski definition) is 0. The summed E-state index contributed by atoms with van der Waals surface area (Å²) in [6, 6.07) is 33.4. The Hall–Kier alpha value is -1.60. The first-order valence-electron chi connectivity index (χ1n) is 6.81. The first-order chi connectivity index (χ1) is 9.93. The van der Waals surface area contributed by atoms with Gasteiger partial charge in [0.05, 0.1) is 0 Å². The fraction of sp³-hybridized carbons (Fsp3) is 0.0476. The molecule has 1 heteroatoms. The van der Waals surface area contributed by atoms with Crippen molar-refractivity contribution in [2.24, 2.45) is 0 Å². The zero-order valence-electron chi connectivity index (χ0n) is 12.2. The third-order valence-electron chi connectivity index (χ3n) is 3.32. The Balaban J connectivity index is 0.000000202. The molecule has 4 rings (SSSR count). The van der Waals surface area contributed by atoms with Crippen LogP contribution in [0.2, 0.25) is 0 Å². The summed E-state index contributed by atoms with van der Waals surface area (Å²) in [5.74, 6) is 0. The summed E-state index contributed by atoms with van der Waals surface area (Å²) in [6.45, 7) is 0. The van der Waals surface area contributed by atoms with Crippen LogP contribution < -0.4 is 0 Å². The van der Waals surface area contributed by atoms with Gasteiger partial charge in [0.15, 0.2) is 0 Å². The van der Waals surface area contributed by atoms with Crippen molar-refractivity contribution < 1.29 is 0 Å². The molecule has 0 aliphatic rings. The van der Waals surface area contributed by atoms with Crippen LogP contribution in [0.15, 0.2) is 97.1 Å². The van der Waals surface area contributed by atoms with Crippen LogP contribution in [0.5, 0.6) is 0 Å². The van der Waals surface area contributed by atoms with Gasteiger partial charge in [0, 0.05) is 29.6 Å². The van der Waals surface area contributed by atoms with Gasteiger partial charge in [-0.15, -0.1) is 0 Å². The molecule has 1 radical (unpaired) electrons. The van der Waals surface area contributed by atoms with Gasteiger partial charge < -0.3 is 0 Å². The van der Waals surface area contributed by atoms with Crippen molar-refractivity contribution in [3.05, 3.63) is 97.1 Å². The van der Waals surface area contributed by atoms with Crippen molar-refractivity contribution in [1.29, 1.82) is 0 Å². The Morgan fingerprint density at radius 1 is 0.318 bits per heavy atom. The topological polar surface area (TPSA) is 0 Å². The van der Waals surface area contributed by atoms with Crippen LogP contribution in [0.1, 0.15) is 7.43 Å². The van der Waals surface area contributed by atoms with Crippen molar-refractivity contribution in [3.63, 3.8) is 0 Å². The molecular formula is C21H20Na. The van der Waals surface area contributed by atoms with Crippen LogP contribution in [-0.4, -0.2) is 29.6 Å². The predicted molar refractivity (Wildman–Crippen MR) is 100 cm³/mol. The number of benzene rings is 4. The monoisotopic (exact) mass is 295 g/mol. The SMILES string of the molecule is C.[Na].c1ccc2ccccc2c1.c1ccc2ccccc2c1. The summed E-state index contributed by atoms with van der Waals surface area (Å²) in [5, 5.41) is 5.24. The molecular weight excluding hydrogens is 275 g/mol. The van der Waals surface area contributed by atoms with E-state index in [1.165, 1.54) is 21.5 Å². The molecule has 4 aromatic rings. The zero-order valence-corrected chi connectivity index (χ0v) is 14.2. The molecule has 0 aliphatic carbocycles. The van der Waals surface area contributed by atoms with E-state index in [1.807, 2.05) is 0 Å². The van der Waals surface area contributed by atoms with Crippen molar-refractivity contribution in [3.8, 4) is 0 Å². The number of rotatable bonds is 0. The first-order valence-corrected chi connectivity index (χ1v) is 6.81.